The van der Waals surface area contributed by atoms with E-state index in [1.165, 1.54) is 0 Å². The van der Waals surface area contributed by atoms with Gasteiger partial charge in [-0.05, 0) is 18.4 Å². The van der Waals surface area contributed by atoms with Crippen LogP contribution in [0.4, 0.5) is 0 Å². The molecule has 1 heterocycles. The van der Waals surface area contributed by atoms with Crippen molar-refractivity contribution in [2.75, 3.05) is 18.8 Å². The summed E-state index contributed by atoms with van der Waals surface area (Å²) in [6.45, 7) is -0.440. The van der Waals surface area contributed by atoms with Crippen LogP contribution in [0.25, 0.3) is 0 Å². The largest absolute Gasteiger partial charge is 0.481 e. The molecule has 1 fully saturated rings. The van der Waals surface area contributed by atoms with Crippen LogP contribution in [0.1, 0.15) is 24.8 Å². The topological polar surface area (TPSA) is 247 Å². The predicted molar refractivity (Wildman–Crippen MR) is 147 cm³/mol. The second-order valence-electron chi connectivity index (χ2n) is 8.94. The van der Waals surface area contributed by atoms with Gasteiger partial charge in [-0.15, -0.1) is 0 Å². The van der Waals surface area contributed by atoms with Crippen LogP contribution in [0.3, 0.4) is 0 Å². The molecule has 40 heavy (non-hydrogen) atoms. The number of aliphatic imine (C=N–C) groups is 1. The number of carboxylic acids is 1. The molecule has 0 bridgehead atoms. The highest BCUT2D eigenvalue weighted by atomic mass is 32.1. The first-order valence-corrected chi connectivity index (χ1v) is 13.0. The van der Waals surface area contributed by atoms with Gasteiger partial charge in [-0.1, -0.05) is 30.3 Å². The Bertz CT molecular complexity index is 1110. The SMILES string of the molecule is NC(N)=NCCC[C@H]1NC(=O)CNC(=O)[C@@H](CC(=O)O)NC(=O)[C@H](Cc2ccccc2)NC(=O)[C@@H](CS)NC1=O. The summed E-state index contributed by atoms with van der Waals surface area (Å²) in [5, 5.41) is 21.5. The number of nitrogens with zero attached hydrogens (tertiary/aromatic N) is 1. The summed E-state index contributed by atoms with van der Waals surface area (Å²) in [5.41, 5.74) is 11.3. The average Bonchev–Trinajstić information content (AvgIpc) is 2.90. The fourth-order valence-electron chi connectivity index (χ4n) is 3.76. The molecule has 0 aliphatic carbocycles. The average molecular weight is 579 g/mol. The molecular formula is C24H34N8O7S. The van der Waals surface area contributed by atoms with Crippen molar-refractivity contribution in [3.63, 3.8) is 0 Å². The third kappa shape index (κ3) is 10.8. The second-order valence-corrected chi connectivity index (χ2v) is 9.31. The Hall–Kier alpha value is -4.34. The predicted octanol–water partition coefficient (Wildman–Crippen LogP) is -3.24. The van der Waals surface area contributed by atoms with Gasteiger partial charge in [0, 0.05) is 18.7 Å². The maximum atomic E-state index is 13.2. The maximum absolute atomic E-state index is 13.2. The van der Waals surface area contributed by atoms with E-state index >= 15 is 0 Å². The van der Waals surface area contributed by atoms with Crippen LogP contribution in [0.2, 0.25) is 0 Å². The molecule has 0 radical (unpaired) electrons. The van der Waals surface area contributed by atoms with Gasteiger partial charge in [0.2, 0.25) is 29.5 Å². The minimum Gasteiger partial charge on any atom is -0.481 e. The van der Waals surface area contributed by atoms with Crippen LogP contribution in [0, 0.1) is 0 Å². The van der Waals surface area contributed by atoms with Crippen molar-refractivity contribution in [3.05, 3.63) is 35.9 Å². The highest BCUT2D eigenvalue weighted by molar-refractivity contribution is 7.80. The fraction of sp³-hybridized carbons (Fsp3) is 0.458. The van der Waals surface area contributed by atoms with Crippen molar-refractivity contribution < 1.29 is 33.9 Å². The molecule has 1 aromatic carbocycles. The molecule has 4 atom stereocenters. The van der Waals surface area contributed by atoms with E-state index in [2.05, 4.69) is 44.2 Å². The number of hydrogen-bond donors (Lipinski definition) is 9. The summed E-state index contributed by atoms with van der Waals surface area (Å²) in [7, 11) is 0. The Labute approximate surface area is 235 Å². The number of benzene rings is 1. The number of aliphatic carboxylic acids is 1. The lowest BCUT2D eigenvalue weighted by Crippen LogP contribution is -2.58. The number of carbonyl (C=O) groups is 6. The maximum Gasteiger partial charge on any atom is 0.305 e. The first kappa shape index (κ1) is 31.9. The highest BCUT2D eigenvalue weighted by Crippen LogP contribution is 2.07. The van der Waals surface area contributed by atoms with Crippen molar-refractivity contribution in [1.29, 1.82) is 0 Å². The van der Waals surface area contributed by atoms with Gasteiger partial charge in [-0.2, -0.15) is 12.6 Å². The Morgan fingerprint density at radius 2 is 1.48 bits per heavy atom. The third-order valence-corrected chi connectivity index (χ3v) is 6.13. The van der Waals surface area contributed by atoms with E-state index in [0.717, 1.165) is 0 Å². The molecule has 1 aromatic rings. The van der Waals surface area contributed by atoms with E-state index in [-0.39, 0.29) is 31.1 Å². The molecule has 15 nitrogen and oxygen atoms in total. The molecule has 0 saturated carbocycles. The Morgan fingerprint density at radius 3 is 2.10 bits per heavy atom. The molecule has 218 valence electrons. The van der Waals surface area contributed by atoms with E-state index in [1.807, 2.05) is 0 Å². The Kier molecular flexibility index (Phi) is 12.7. The van der Waals surface area contributed by atoms with Crippen molar-refractivity contribution in [2.45, 2.75) is 49.9 Å². The zero-order valence-corrected chi connectivity index (χ0v) is 22.5. The lowest BCUT2D eigenvalue weighted by molar-refractivity contribution is -0.141. The van der Waals surface area contributed by atoms with Crippen LogP contribution >= 0.6 is 12.6 Å². The quantitative estimate of drug-likeness (QED) is 0.0617. The van der Waals surface area contributed by atoms with Crippen LogP contribution in [0.15, 0.2) is 35.3 Å². The van der Waals surface area contributed by atoms with Crippen molar-refractivity contribution in [1.82, 2.24) is 26.6 Å². The van der Waals surface area contributed by atoms with Gasteiger partial charge in [-0.25, -0.2) is 0 Å². The summed E-state index contributed by atoms with van der Waals surface area (Å²) in [4.78, 5) is 79.9. The van der Waals surface area contributed by atoms with Gasteiger partial charge >= 0.3 is 5.97 Å². The number of amides is 5. The van der Waals surface area contributed by atoms with Crippen molar-refractivity contribution in [3.8, 4) is 0 Å². The molecule has 10 N–H and O–H groups in total. The van der Waals surface area contributed by atoms with E-state index in [4.69, 9.17) is 11.5 Å². The second kappa shape index (κ2) is 15.9. The molecule has 0 aromatic heterocycles. The number of carbonyl (C=O) groups excluding carboxylic acids is 5. The van der Waals surface area contributed by atoms with Gasteiger partial charge in [0.05, 0.1) is 13.0 Å². The number of thiol groups is 1. The zero-order valence-electron chi connectivity index (χ0n) is 21.6. The molecule has 1 saturated heterocycles. The molecule has 2 rings (SSSR count). The lowest BCUT2D eigenvalue weighted by atomic mass is 10.0. The smallest absolute Gasteiger partial charge is 0.305 e. The first-order valence-electron chi connectivity index (χ1n) is 12.4. The molecule has 0 unspecified atom stereocenters. The number of nitrogens with two attached hydrogens (primary N) is 2. The summed E-state index contributed by atoms with van der Waals surface area (Å²) in [6, 6.07) is 3.56. The van der Waals surface area contributed by atoms with Gasteiger partial charge in [-0.3, -0.25) is 33.8 Å². The third-order valence-electron chi connectivity index (χ3n) is 5.76. The van der Waals surface area contributed by atoms with Gasteiger partial charge < -0.3 is 43.2 Å². The zero-order chi connectivity index (χ0) is 29.7. The number of hydrogen-bond acceptors (Lipinski definition) is 8. The molecule has 1 aliphatic heterocycles. The lowest BCUT2D eigenvalue weighted by Gasteiger charge is -2.25. The minimum absolute atomic E-state index is 0.000516. The van der Waals surface area contributed by atoms with Crippen LogP contribution < -0.4 is 38.1 Å². The van der Waals surface area contributed by atoms with Crippen molar-refractivity contribution in [2.24, 2.45) is 16.5 Å². The summed E-state index contributed by atoms with van der Waals surface area (Å²) >= 11 is 4.15. The van der Waals surface area contributed by atoms with Crippen LogP contribution in [-0.4, -0.2) is 89.6 Å². The number of carboxylic acid groups (broad SMARTS) is 1. The Balaban J connectivity index is 2.38. The summed E-state index contributed by atoms with van der Waals surface area (Å²) in [6.07, 6.45) is -0.404. The van der Waals surface area contributed by atoms with Crippen LogP contribution in [0.5, 0.6) is 0 Å². The standard InChI is InChI=1S/C24H34N8O7S/c25-24(26)27-8-4-7-14-21(37)32-17(12-40)23(39)30-15(9-13-5-2-1-3-6-13)22(38)31-16(10-19(34)35)20(36)28-11-18(33)29-14/h1-3,5-6,14-17,40H,4,7-12H2,(H,28,36)(H,29,33)(H,30,39)(H,31,38)(H,32,37)(H,34,35)(H4,25,26,27)/t14-,15+,16-,17-/m1/s1. The molecule has 1 aliphatic rings. The van der Waals surface area contributed by atoms with Gasteiger partial charge in [0.15, 0.2) is 5.96 Å². The molecule has 16 heteroatoms. The van der Waals surface area contributed by atoms with E-state index in [0.29, 0.717) is 12.0 Å². The van der Waals surface area contributed by atoms with Crippen LogP contribution in [-0.2, 0) is 35.2 Å². The van der Waals surface area contributed by atoms with Gasteiger partial charge in [0.1, 0.15) is 24.2 Å². The van der Waals surface area contributed by atoms with Crippen molar-refractivity contribution >= 4 is 54.1 Å². The van der Waals surface area contributed by atoms with E-state index in [9.17, 15) is 33.9 Å². The molecule has 5 amide bonds. The monoisotopic (exact) mass is 578 g/mol. The van der Waals surface area contributed by atoms with Gasteiger partial charge in [0.25, 0.3) is 0 Å². The van der Waals surface area contributed by atoms with E-state index < -0.39 is 72.6 Å². The number of guanidine groups is 1. The first-order chi connectivity index (χ1) is 19.0. The molecular weight excluding hydrogens is 544 g/mol. The minimum atomic E-state index is -1.55. The number of rotatable bonds is 9. The Morgan fingerprint density at radius 1 is 0.875 bits per heavy atom. The summed E-state index contributed by atoms with van der Waals surface area (Å²) < 4.78 is 0. The van der Waals surface area contributed by atoms with E-state index in [1.54, 1.807) is 30.3 Å². The molecule has 0 spiro atoms. The number of nitrogens with one attached hydrogen (secondary N) is 5. The summed E-state index contributed by atoms with van der Waals surface area (Å²) in [5.74, 6) is -5.66. The normalized spacial score (nSPS) is 22.8. The highest BCUT2D eigenvalue weighted by Gasteiger charge is 2.32. The fourth-order valence-corrected chi connectivity index (χ4v) is 4.02.